The van der Waals surface area contributed by atoms with Gasteiger partial charge in [-0.1, -0.05) is 18.7 Å². The summed E-state index contributed by atoms with van der Waals surface area (Å²) in [7, 11) is 0. The second kappa shape index (κ2) is 10.4. The van der Waals surface area contributed by atoms with Gasteiger partial charge in [0.1, 0.15) is 5.82 Å². The lowest BCUT2D eigenvalue weighted by molar-refractivity contribution is -0.131. The fourth-order valence-electron chi connectivity index (χ4n) is 4.63. The maximum atomic E-state index is 14.3. The largest absolute Gasteiger partial charge is 0.369 e. The molecule has 0 spiro atoms. The molecule has 31 heavy (non-hydrogen) atoms. The standard InChI is InChI=1S/C24H34FN3O3/c1-4-23(29)28-12-11-27(14-17(28)3)15-22(19-6-5-16(2)21(25)13-19)31-20-9-7-18(8-10-20)24(26)30/h4-6,13,17-18,20,22H,1,7-12,14-15H2,2-3H3,(H2,26,30)/t17-,18?,20?,22-/m1/s1. The normalized spacial score (nSPS) is 25.8. The first-order valence-corrected chi connectivity index (χ1v) is 11.1. The highest BCUT2D eigenvalue weighted by Crippen LogP contribution is 2.31. The van der Waals surface area contributed by atoms with E-state index in [1.54, 1.807) is 19.1 Å². The molecule has 1 saturated carbocycles. The Morgan fingerprint density at radius 3 is 2.58 bits per heavy atom. The lowest BCUT2D eigenvalue weighted by atomic mass is 9.87. The van der Waals surface area contributed by atoms with E-state index < -0.39 is 0 Å². The van der Waals surface area contributed by atoms with Crippen molar-refractivity contribution in [2.24, 2.45) is 11.7 Å². The van der Waals surface area contributed by atoms with Gasteiger partial charge in [-0.25, -0.2) is 4.39 Å². The van der Waals surface area contributed by atoms with Crippen molar-refractivity contribution in [3.63, 3.8) is 0 Å². The quantitative estimate of drug-likeness (QED) is 0.674. The van der Waals surface area contributed by atoms with Crippen molar-refractivity contribution in [2.75, 3.05) is 26.2 Å². The molecule has 2 N–H and O–H groups in total. The number of nitrogens with zero attached hydrogens (tertiary/aromatic N) is 2. The summed E-state index contributed by atoms with van der Waals surface area (Å²) in [5.41, 5.74) is 6.88. The number of piperazine rings is 1. The van der Waals surface area contributed by atoms with Crippen molar-refractivity contribution in [1.29, 1.82) is 0 Å². The van der Waals surface area contributed by atoms with E-state index in [1.165, 1.54) is 6.08 Å². The van der Waals surface area contributed by atoms with Crippen LogP contribution in [0.25, 0.3) is 0 Å². The highest BCUT2D eigenvalue weighted by molar-refractivity contribution is 5.87. The monoisotopic (exact) mass is 431 g/mol. The summed E-state index contributed by atoms with van der Waals surface area (Å²) in [5.74, 6) is -0.604. The maximum Gasteiger partial charge on any atom is 0.246 e. The summed E-state index contributed by atoms with van der Waals surface area (Å²) >= 11 is 0. The van der Waals surface area contributed by atoms with E-state index in [-0.39, 0.29) is 41.8 Å². The molecule has 2 fully saturated rings. The summed E-state index contributed by atoms with van der Waals surface area (Å²) < 4.78 is 20.8. The zero-order valence-electron chi connectivity index (χ0n) is 18.6. The summed E-state index contributed by atoms with van der Waals surface area (Å²) in [6.07, 6.45) is 4.11. The van der Waals surface area contributed by atoms with Crippen LogP contribution < -0.4 is 5.73 Å². The first kappa shape index (κ1) is 23.4. The molecular weight excluding hydrogens is 397 g/mol. The molecule has 0 aromatic heterocycles. The van der Waals surface area contributed by atoms with E-state index in [0.717, 1.165) is 44.3 Å². The van der Waals surface area contributed by atoms with Crippen molar-refractivity contribution in [2.45, 2.75) is 57.8 Å². The van der Waals surface area contributed by atoms with Crippen LogP contribution in [0, 0.1) is 18.7 Å². The number of primary amides is 1. The number of carbonyl (C=O) groups excluding carboxylic acids is 2. The first-order valence-electron chi connectivity index (χ1n) is 11.1. The molecule has 1 aromatic rings. The van der Waals surface area contributed by atoms with Crippen LogP contribution in [0.15, 0.2) is 30.9 Å². The second-order valence-corrected chi connectivity index (χ2v) is 8.85. The van der Waals surface area contributed by atoms with Crippen molar-refractivity contribution >= 4 is 11.8 Å². The summed E-state index contributed by atoms with van der Waals surface area (Å²) in [6, 6.07) is 5.35. The van der Waals surface area contributed by atoms with Crippen LogP contribution in [0.5, 0.6) is 0 Å². The van der Waals surface area contributed by atoms with E-state index in [1.807, 2.05) is 17.9 Å². The van der Waals surface area contributed by atoms with E-state index in [9.17, 15) is 14.0 Å². The average Bonchev–Trinajstić information content (AvgIpc) is 2.75. The lowest BCUT2D eigenvalue weighted by Gasteiger charge is -2.41. The minimum absolute atomic E-state index is 0.0195. The van der Waals surface area contributed by atoms with Crippen LogP contribution >= 0.6 is 0 Å². The number of hydrogen-bond acceptors (Lipinski definition) is 4. The van der Waals surface area contributed by atoms with Crippen LogP contribution in [0.3, 0.4) is 0 Å². The Bertz CT molecular complexity index is 807. The Labute approximate surface area is 184 Å². The third-order valence-electron chi connectivity index (χ3n) is 6.59. The number of ether oxygens (including phenoxy) is 1. The number of hydrogen-bond donors (Lipinski definition) is 1. The zero-order valence-corrected chi connectivity index (χ0v) is 18.6. The molecule has 1 aliphatic heterocycles. The number of rotatable bonds is 7. The first-order chi connectivity index (χ1) is 14.8. The zero-order chi connectivity index (χ0) is 22.5. The number of halogens is 1. The van der Waals surface area contributed by atoms with Crippen LogP contribution in [0.4, 0.5) is 4.39 Å². The van der Waals surface area contributed by atoms with Gasteiger partial charge < -0.3 is 15.4 Å². The van der Waals surface area contributed by atoms with Crippen molar-refractivity contribution in [3.8, 4) is 0 Å². The number of aryl methyl sites for hydroxylation is 1. The fraction of sp³-hybridized carbons (Fsp3) is 0.583. The van der Waals surface area contributed by atoms with E-state index in [4.69, 9.17) is 10.5 Å². The van der Waals surface area contributed by atoms with Crippen LogP contribution in [0.2, 0.25) is 0 Å². The predicted octanol–water partition coefficient (Wildman–Crippen LogP) is 2.95. The van der Waals surface area contributed by atoms with Gasteiger partial charge in [0.05, 0.1) is 12.2 Å². The molecule has 0 radical (unpaired) electrons. The smallest absolute Gasteiger partial charge is 0.246 e. The van der Waals surface area contributed by atoms with Crippen molar-refractivity contribution in [3.05, 3.63) is 47.8 Å². The summed E-state index contributed by atoms with van der Waals surface area (Å²) in [4.78, 5) is 27.6. The van der Waals surface area contributed by atoms with Gasteiger partial charge in [-0.05, 0) is 62.8 Å². The van der Waals surface area contributed by atoms with Gasteiger partial charge in [0.25, 0.3) is 0 Å². The molecule has 7 heteroatoms. The molecule has 1 heterocycles. The number of benzene rings is 1. The molecule has 6 nitrogen and oxygen atoms in total. The maximum absolute atomic E-state index is 14.3. The fourth-order valence-corrected chi connectivity index (χ4v) is 4.63. The SMILES string of the molecule is C=CC(=O)N1CCN(C[C@@H](OC2CCC(C(N)=O)CC2)c2ccc(C)c(F)c2)C[C@H]1C. The average molecular weight is 432 g/mol. The molecule has 2 aliphatic rings. The Morgan fingerprint density at radius 2 is 2.00 bits per heavy atom. The molecular formula is C24H34FN3O3. The van der Waals surface area contributed by atoms with E-state index in [0.29, 0.717) is 18.7 Å². The molecule has 170 valence electrons. The Hall–Kier alpha value is -2.25. The van der Waals surface area contributed by atoms with Crippen LogP contribution in [-0.4, -0.2) is 59.9 Å². The van der Waals surface area contributed by atoms with Gasteiger partial charge in [0.15, 0.2) is 0 Å². The topological polar surface area (TPSA) is 75.9 Å². The van der Waals surface area contributed by atoms with E-state index >= 15 is 0 Å². The number of amides is 2. The van der Waals surface area contributed by atoms with Gasteiger partial charge in [-0.15, -0.1) is 0 Å². The minimum atomic E-state index is -0.279. The van der Waals surface area contributed by atoms with Gasteiger partial charge in [0.2, 0.25) is 11.8 Å². The van der Waals surface area contributed by atoms with Gasteiger partial charge >= 0.3 is 0 Å². The molecule has 0 unspecified atom stereocenters. The van der Waals surface area contributed by atoms with Crippen LogP contribution in [-0.2, 0) is 14.3 Å². The second-order valence-electron chi connectivity index (χ2n) is 8.85. The molecule has 2 atom stereocenters. The molecule has 0 bridgehead atoms. The lowest BCUT2D eigenvalue weighted by Crippen LogP contribution is -2.54. The van der Waals surface area contributed by atoms with Crippen molar-refractivity contribution < 1.29 is 18.7 Å². The Kier molecular flexibility index (Phi) is 7.84. The van der Waals surface area contributed by atoms with Crippen molar-refractivity contribution in [1.82, 2.24) is 9.80 Å². The third kappa shape index (κ3) is 5.92. The molecule has 1 aromatic carbocycles. The molecule has 2 amide bonds. The van der Waals surface area contributed by atoms with Gasteiger partial charge in [-0.3, -0.25) is 14.5 Å². The van der Waals surface area contributed by atoms with E-state index in [2.05, 4.69) is 11.5 Å². The van der Waals surface area contributed by atoms with Gasteiger partial charge in [0, 0.05) is 38.1 Å². The van der Waals surface area contributed by atoms with Crippen LogP contribution in [0.1, 0.15) is 49.8 Å². The number of nitrogens with two attached hydrogens (primary N) is 1. The molecule has 3 rings (SSSR count). The summed E-state index contributed by atoms with van der Waals surface area (Å²) in [6.45, 7) is 10.1. The number of carbonyl (C=O) groups is 2. The third-order valence-corrected chi connectivity index (χ3v) is 6.59. The van der Waals surface area contributed by atoms with Gasteiger partial charge in [-0.2, -0.15) is 0 Å². The Balaban J connectivity index is 1.69. The molecule has 1 saturated heterocycles. The molecule has 1 aliphatic carbocycles. The highest BCUT2D eigenvalue weighted by Gasteiger charge is 2.31. The highest BCUT2D eigenvalue weighted by atomic mass is 19.1. The summed E-state index contributed by atoms with van der Waals surface area (Å²) in [5, 5.41) is 0. The minimum Gasteiger partial charge on any atom is -0.369 e. The Morgan fingerprint density at radius 1 is 1.29 bits per heavy atom. The predicted molar refractivity (Wildman–Crippen MR) is 118 cm³/mol.